The summed E-state index contributed by atoms with van der Waals surface area (Å²) in [5, 5.41) is 4.97. The van der Waals surface area contributed by atoms with Gasteiger partial charge >= 0.3 is 0 Å². The first-order chi connectivity index (χ1) is 11.1. The third kappa shape index (κ3) is 3.88. The molecule has 3 rings (SSSR count). The Hall–Kier alpha value is -1.23. The third-order valence-corrected chi connectivity index (χ3v) is 4.91. The van der Waals surface area contributed by atoms with Crippen molar-refractivity contribution in [1.29, 1.82) is 0 Å². The largest absolute Gasteiger partial charge is 0.451 e. The Kier molecular flexibility index (Phi) is 6.55. The molecule has 0 bridgehead atoms. The number of carbonyl (C=O) groups excluding carboxylic acids is 1. The molecule has 132 valence electrons. The molecule has 1 amide bonds. The first-order valence-electron chi connectivity index (χ1n) is 8.28. The lowest BCUT2D eigenvalue weighted by molar-refractivity contribution is 0.0659. The smallest absolute Gasteiger partial charge is 0.289 e. The van der Waals surface area contributed by atoms with Crippen molar-refractivity contribution in [3.05, 3.63) is 34.5 Å². The molecule has 1 aromatic carbocycles. The van der Waals surface area contributed by atoms with Crippen molar-refractivity contribution >= 4 is 40.9 Å². The number of nitrogens with zero attached hydrogens (tertiary/aromatic N) is 1. The maximum Gasteiger partial charge on any atom is 0.289 e. The van der Waals surface area contributed by atoms with E-state index in [-0.39, 0.29) is 18.3 Å². The number of amides is 1. The average Bonchev–Trinajstić information content (AvgIpc) is 2.89. The molecule has 2 aromatic rings. The van der Waals surface area contributed by atoms with E-state index in [9.17, 15) is 4.79 Å². The molecule has 0 radical (unpaired) electrons. The molecule has 0 spiro atoms. The van der Waals surface area contributed by atoms with E-state index in [0.717, 1.165) is 55.6 Å². The average molecular weight is 371 g/mol. The van der Waals surface area contributed by atoms with E-state index in [1.54, 1.807) is 6.07 Å². The highest BCUT2D eigenvalue weighted by Crippen LogP contribution is 2.29. The second-order valence-electron chi connectivity index (χ2n) is 6.24. The van der Waals surface area contributed by atoms with E-state index in [2.05, 4.69) is 12.2 Å². The lowest BCUT2D eigenvalue weighted by atomic mass is 9.96. The van der Waals surface area contributed by atoms with E-state index in [0.29, 0.717) is 16.7 Å². The Morgan fingerprint density at radius 3 is 2.75 bits per heavy atom. The second kappa shape index (κ2) is 8.24. The summed E-state index contributed by atoms with van der Waals surface area (Å²) >= 11 is 6.04. The summed E-state index contributed by atoms with van der Waals surface area (Å²) in [4.78, 5) is 14.7. The number of furan rings is 1. The summed E-state index contributed by atoms with van der Waals surface area (Å²) in [6, 6.07) is 5.46. The summed E-state index contributed by atoms with van der Waals surface area (Å²) in [6.07, 6.45) is 2.09. The maximum atomic E-state index is 12.8. The van der Waals surface area contributed by atoms with Gasteiger partial charge in [-0.2, -0.15) is 0 Å². The lowest BCUT2D eigenvalue weighted by Gasteiger charge is -2.31. The fraction of sp³-hybridized carbons (Fsp3) is 0.500. The zero-order valence-corrected chi connectivity index (χ0v) is 15.7. The highest BCUT2D eigenvalue weighted by molar-refractivity contribution is 6.31. The molecule has 2 heterocycles. The maximum absolute atomic E-state index is 12.8. The quantitative estimate of drug-likeness (QED) is 0.873. The molecule has 0 saturated carbocycles. The lowest BCUT2D eigenvalue weighted by Crippen LogP contribution is -2.40. The van der Waals surface area contributed by atoms with Crippen LogP contribution in [-0.2, 0) is 0 Å². The zero-order valence-electron chi connectivity index (χ0n) is 14.1. The molecular weight excluding hydrogens is 347 g/mol. The van der Waals surface area contributed by atoms with Crippen LogP contribution in [0.4, 0.5) is 0 Å². The SMILES string of the molecule is CCNCC1CCN(C(=O)c2oc3ccc(Cl)cc3c2C)CC1.Cl. The van der Waals surface area contributed by atoms with Crippen LogP contribution in [0.2, 0.25) is 5.02 Å². The Morgan fingerprint density at radius 1 is 1.38 bits per heavy atom. The number of nitrogens with one attached hydrogen (secondary N) is 1. The number of halogens is 2. The topological polar surface area (TPSA) is 45.5 Å². The predicted octanol–water partition coefficient (Wildman–Crippen LogP) is 4.28. The number of carbonyl (C=O) groups is 1. The van der Waals surface area contributed by atoms with Gasteiger partial charge in [0.25, 0.3) is 5.91 Å². The summed E-state index contributed by atoms with van der Waals surface area (Å²) in [5.74, 6) is 1.11. The molecule has 1 aliphatic heterocycles. The van der Waals surface area contributed by atoms with Gasteiger partial charge in [-0.15, -0.1) is 12.4 Å². The van der Waals surface area contributed by atoms with Gasteiger partial charge in [-0.05, 0) is 57.0 Å². The van der Waals surface area contributed by atoms with Crippen LogP contribution in [0.15, 0.2) is 22.6 Å². The van der Waals surface area contributed by atoms with Gasteiger partial charge in [0.15, 0.2) is 5.76 Å². The van der Waals surface area contributed by atoms with Gasteiger partial charge in [-0.1, -0.05) is 18.5 Å². The number of likely N-dealkylation sites (tertiary alicyclic amines) is 1. The van der Waals surface area contributed by atoms with Crippen molar-refractivity contribution < 1.29 is 9.21 Å². The second-order valence-corrected chi connectivity index (χ2v) is 6.68. The minimum Gasteiger partial charge on any atom is -0.451 e. The van der Waals surface area contributed by atoms with Crippen molar-refractivity contribution in [3.63, 3.8) is 0 Å². The first-order valence-corrected chi connectivity index (χ1v) is 8.66. The minimum atomic E-state index is -0.00303. The van der Waals surface area contributed by atoms with Crippen LogP contribution in [0.5, 0.6) is 0 Å². The molecule has 1 N–H and O–H groups in total. The Bertz CT molecular complexity index is 706. The number of piperidine rings is 1. The van der Waals surface area contributed by atoms with Gasteiger partial charge in [0.05, 0.1) is 0 Å². The molecule has 0 aliphatic carbocycles. The number of hydrogen-bond acceptors (Lipinski definition) is 3. The molecule has 6 heteroatoms. The van der Waals surface area contributed by atoms with Crippen molar-refractivity contribution in [2.24, 2.45) is 5.92 Å². The number of benzene rings is 1. The summed E-state index contributed by atoms with van der Waals surface area (Å²) in [7, 11) is 0. The van der Waals surface area contributed by atoms with Crippen LogP contribution in [0, 0.1) is 12.8 Å². The minimum absolute atomic E-state index is 0. The molecule has 0 unspecified atom stereocenters. The molecule has 0 atom stereocenters. The Morgan fingerprint density at radius 2 is 2.08 bits per heavy atom. The molecular formula is C18H24Cl2N2O2. The number of rotatable bonds is 4. The number of aryl methyl sites for hydroxylation is 1. The monoisotopic (exact) mass is 370 g/mol. The summed E-state index contributed by atoms with van der Waals surface area (Å²) in [5.41, 5.74) is 1.60. The molecule has 1 aromatic heterocycles. The number of fused-ring (bicyclic) bond motifs is 1. The van der Waals surface area contributed by atoms with Crippen LogP contribution in [-0.4, -0.2) is 37.0 Å². The van der Waals surface area contributed by atoms with Crippen molar-refractivity contribution in [2.45, 2.75) is 26.7 Å². The summed E-state index contributed by atoms with van der Waals surface area (Å²) in [6.45, 7) is 7.68. The standard InChI is InChI=1S/C18H23ClN2O2.ClH/c1-3-20-11-13-6-8-21(9-7-13)18(22)17-12(2)15-10-14(19)4-5-16(15)23-17;/h4-5,10,13,20H,3,6-9,11H2,1-2H3;1H. The zero-order chi connectivity index (χ0) is 16.4. The van der Waals surface area contributed by atoms with E-state index in [4.69, 9.17) is 16.0 Å². The Balaban J connectivity index is 0.00000208. The molecule has 1 saturated heterocycles. The van der Waals surface area contributed by atoms with Crippen LogP contribution < -0.4 is 5.32 Å². The normalized spacial score (nSPS) is 15.5. The number of hydrogen-bond donors (Lipinski definition) is 1. The van der Waals surface area contributed by atoms with Crippen LogP contribution in [0.1, 0.15) is 35.9 Å². The van der Waals surface area contributed by atoms with Crippen LogP contribution in [0.25, 0.3) is 11.0 Å². The van der Waals surface area contributed by atoms with E-state index >= 15 is 0 Å². The van der Waals surface area contributed by atoms with Gasteiger partial charge in [0.1, 0.15) is 5.58 Å². The highest BCUT2D eigenvalue weighted by atomic mass is 35.5. The van der Waals surface area contributed by atoms with Gasteiger partial charge in [0.2, 0.25) is 0 Å². The van der Waals surface area contributed by atoms with E-state index < -0.39 is 0 Å². The summed E-state index contributed by atoms with van der Waals surface area (Å²) < 4.78 is 5.80. The molecule has 1 aliphatic rings. The van der Waals surface area contributed by atoms with E-state index in [1.807, 2.05) is 24.0 Å². The molecule has 1 fully saturated rings. The van der Waals surface area contributed by atoms with Gasteiger partial charge in [-0.3, -0.25) is 4.79 Å². The Labute approximate surface area is 153 Å². The van der Waals surface area contributed by atoms with Gasteiger partial charge in [0, 0.05) is 29.1 Å². The van der Waals surface area contributed by atoms with Crippen LogP contribution >= 0.6 is 24.0 Å². The molecule has 4 nitrogen and oxygen atoms in total. The van der Waals surface area contributed by atoms with Crippen molar-refractivity contribution in [3.8, 4) is 0 Å². The van der Waals surface area contributed by atoms with Gasteiger partial charge in [-0.25, -0.2) is 0 Å². The van der Waals surface area contributed by atoms with Crippen molar-refractivity contribution in [1.82, 2.24) is 10.2 Å². The van der Waals surface area contributed by atoms with Crippen molar-refractivity contribution in [2.75, 3.05) is 26.2 Å². The van der Waals surface area contributed by atoms with Crippen LogP contribution in [0.3, 0.4) is 0 Å². The predicted molar refractivity (Wildman–Crippen MR) is 100 cm³/mol. The first kappa shape index (κ1) is 19.1. The van der Waals surface area contributed by atoms with Gasteiger partial charge < -0.3 is 14.6 Å². The fourth-order valence-corrected chi connectivity index (χ4v) is 3.40. The highest BCUT2D eigenvalue weighted by Gasteiger charge is 2.27. The fourth-order valence-electron chi connectivity index (χ4n) is 3.23. The third-order valence-electron chi connectivity index (χ3n) is 4.68. The molecule has 24 heavy (non-hydrogen) atoms. The van der Waals surface area contributed by atoms with E-state index in [1.165, 1.54) is 0 Å².